The van der Waals surface area contributed by atoms with E-state index < -0.39 is 0 Å². The first kappa shape index (κ1) is 29.8. The van der Waals surface area contributed by atoms with Crippen LogP contribution < -0.4 is 4.90 Å². The molecule has 0 aliphatic heterocycles. The summed E-state index contributed by atoms with van der Waals surface area (Å²) in [6.45, 7) is 4.25. The smallest absolute Gasteiger partial charge is 0.0534 e. The fourth-order valence-electron chi connectivity index (χ4n) is 6.40. The molecule has 0 fully saturated rings. The highest BCUT2D eigenvalue weighted by molar-refractivity contribution is 5.95. The zero-order valence-electron chi connectivity index (χ0n) is 26.9. The fourth-order valence-corrected chi connectivity index (χ4v) is 6.40. The van der Waals surface area contributed by atoms with Crippen molar-refractivity contribution in [2.24, 2.45) is 0 Å². The van der Waals surface area contributed by atoms with Crippen molar-refractivity contribution in [1.29, 1.82) is 0 Å². The highest BCUT2D eigenvalue weighted by atomic mass is 15.1. The Bertz CT molecular complexity index is 2130. The summed E-state index contributed by atoms with van der Waals surface area (Å²) in [7, 11) is 0. The summed E-state index contributed by atoms with van der Waals surface area (Å²) in [5.41, 5.74) is 14.3. The number of nitrogens with zero attached hydrogens (tertiary/aromatic N) is 2. The number of pyridine rings is 1. The summed E-state index contributed by atoms with van der Waals surface area (Å²) in [4.78, 5) is 2.34. The Morgan fingerprint density at radius 3 is 1.70 bits per heavy atom. The van der Waals surface area contributed by atoms with Gasteiger partial charge >= 0.3 is 0 Å². The Labute approximate surface area is 278 Å². The van der Waals surface area contributed by atoms with Gasteiger partial charge in [0.25, 0.3) is 0 Å². The Morgan fingerprint density at radius 2 is 1.11 bits per heavy atom. The van der Waals surface area contributed by atoms with Gasteiger partial charge in [0.05, 0.1) is 5.52 Å². The van der Waals surface area contributed by atoms with Gasteiger partial charge in [0.15, 0.2) is 0 Å². The highest BCUT2D eigenvalue weighted by Crippen LogP contribution is 2.40. The minimum absolute atomic E-state index is 0.997. The van der Waals surface area contributed by atoms with E-state index in [4.69, 9.17) is 0 Å². The van der Waals surface area contributed by atoms with Gasteiger partial charge in [-0.1, -0.05) is 128 Å². The van der Waals surface area contributed by atoms with Gasteiger partial charge < -0.3 is 9.30 Å². The SMILES string of the molecule is C/C=C\C(=C/CC)c1ccc(N(c2ccc(-c3ccccc3)cc2)c2ccc(-c3cn4ccccc4c3-c3ccccc3)cc2)cc1. The van der Waals surface area contributed by atoms with Crippen LogP contribution in [0, 0.1) is 0 Å². The van der Waals surface area contributed by atoms with Crippen molar-refractivity contribution in [2.45, 2.75) is 20.3 Å². The maximum absolute atomic E-state index is 2.34. The van der Waals surface area contributed by atoms with Gasteiger partial charge in [-0.3, -0.25) is 0 Å². The van der Waals surface area contributed by atoms with E-state index in [1.54, 1.807) is 0 Å². The first-order valence-electron chi connectivity index (χ1n) is 16.4. The Kier molecular flexibility index (Phi) is 8.66. The van der Waals surface area contributed by atoms with E-state index in [2.05, 4.69) is 205 Å². The lowest BCUT2D eigenvalue weighted by molar-refractivity contribution is 1.20. The largest absolute Gasteiger partial charge is 0.323 e. The minimum Gasteiger partial charge on any atom is -0.323 e. The molecule has 7 rings (SSSR count). The van der Waals surface area contributed by atoms with Crippen LogP contribution in [0.2, 0.25) is 0 Å². The van der Waals surface area contributed by atoms with Crippen molar-refractivity contribution < 1.29 is 0 Å². The van der Waals surface area contributed by atoms with Gasteiger partial charge in [-0.05, 0) is 95.3 Å². The molecule has 0 unspecified atom stereocenters. The highest BCUT2D eigenvalue weighted by Gasteiger charge is 2.17. The first-order valence-corrected chi connectivity index (χ1v) is 16.4. The Balaban J connectivity index is 1.30. The van der Waals surface area contributed by atoms with E-state index in [9.17, 15) is 0 Å². The zero-order chi connectivity index (χ0) is 32.0. The zero-order valence-corrected chi connectivity index (χ0v) is 26.9. The molecule has 7 aromatic rings. The van der Waals surface area contributed by atoms with Crippen molar-refractivity contribution >= 4 is 28.2 Å². The number of allylic oxidation sites excluding steroid dienone is 4. The number of hydrogen-bond donors (Lipinski definition) is 0. The molecule has 0 atom stereocenters. The van der Waals surface area contributed by atoms with Crippen LogP contribution in [0.3, 0.4) is 0 Å². The molecule has 0 aliphatic carbocycles. The number of hydrogen-bond acceptors (Lipinski definition) is 1. The van der Waals surface area contributed by atoms with Gasteiger partial charge in [-0.15, -0.1) is 0 Å². The van der Waals surface area contributed by atoms with Crippen molar-refractivity contribution in [3.05, 3.63) is 188 Å². The molecule has 5 aromatic carbocycles. The second-order valence-electron chi connectivity index (χ2n) is 11.7. The standard InChI is InChI=1S/C45H38N2/c1-3-13-34(14-4-2)36-20-26-40(27-21-36)47(41-28-22-37(23-29-41)35-15-7-5-8-16-35)42-30-24-38(25-31-42)43-33-46-32-12-11-19-44(46)45(43)39-17-9-6-10-18-39/h3,5-33H,4H2,1-2H3/b13-3-,34-14+. The third kappa shape index (κ3) is 6.19. The summed E-state index contributed by atoms with van der Waals surface area (Å²) in [6.07, 6.45) is 11.9. The van der Waals surface area contributed by atoms with E-state index in [1.165, 1.54) is 50.0 Å². The van der Waals surface area contributed by atoms with E-state index in [0.717, 1.165) is 23.5 Å². The monoisotopic (exact) mass is 606 g/mol. The topological polar surface area (TPSA) is 7.65 Å². The van der Waals surface area contributed by atoms with Crippen LogP contribution in [-0.4, -0.2) is 4.40 Å². The summed E-state index contributed by atoms with van der Waals surface area (Å²) in [5.74, 6) is 0. The van der Waals surface area contributed by atoms with Crippen LogP contribution in [0.15, 0.2) is 182 Å². The predicted molar refractivity (Wildman–Crippen MR) is 201 cm³/mol. The van der Waals surface area contributed by atoms with Crippen molar-refractivity contribution in [3.63, 3.8) is 0 Å². The molecule has 2 nitrogen and oxygen atoms in total. The van der Waals surface area contributed by atoms with Gasteiger partial charge in [0.1, 0.15) is 0 Å². The van der Waals surface area contributed by atoms with E-state index in [-0.39, 0.29) is 0 Å². The summed E-state index contributed by atoms with van der Waals surface area (Å²) < 4.78 is 2.22. The number of anilines is 3. The summed E-state index contributed by atoms with van der Waals surface area (Å²) in [6, 6.07) is 54.4. The molecule has 0 saturated heterocycles. The maximum Gasteiger partial charge on any atom is 0.0534 e. The van der Waals surface area contributed by atoms with Crippen LogP contribution >= 0.6 is 0 Å². The number of rotatable bonds is 9. The summed E-state index contributed by atoms with van der Waals surface area (Å²) in [5, 5.41) is 0. The molecular formula is C45H38N2. The van der Waals surface area contributed by atoms with Gasteiger partial charge in [-0.25, -0.2) is 0 Å². The second kappa shape index (κ2) is 13.6. The molecule has 0 saturated carbocycles. The molecule has 0 spiro atoms. The van der Waals surface area contributed by atoms with Crippen LogP contribution in [-0.2, 0) is 0 Å². The molecule has 47 heavy (non-hydrogen) atoms. The third-order valence-corrected chi connectivity index (χ3v) is 8.64. The van der Waals surface area contributed by atoms with E-state index >= 15 is 0 Å². The lowest BCUT2D eigenvalue weighted by atomic mass is 9.97. The molecule has 0 radical (unpaired) electrons. The molecule has 2 heterocycles. The average Bonchev–Trinajstić information content (AvgIpc) is 3.53. The number of aromatic nitrogens is 1. The Morgan fingerprint density at radius 1 is 0.574 bits per heavy atom. The lowest BCUT2D eigenvalue weighted by Gasteiger charge is -2.26. The van der Waals surface area contributed by atoms with Crippen LogP contribution in [0.25, 0.3) is 44.5 Å². The Hall–Kier alpha value is -5.86. The molecular weight excluding hydrogens is 569 g/mol. The third-order valence-electron chi connectivity index (χ3n) is 8.64. The normalized spacial score (nSPS) is 11.7. The van der Waals surface area contributed by atoms with Crippen molar-refractivity contribution in [2.75, 3.05) is 4.90 Å². The number of benzene rings is 5. The first-order chi connectivity index (χ1) is 23.2. The van der Waals surface area contributed by atoms with Gasteiger partial charge in [-0.2, -0.15) is 0 Å². The van der Waals surface area contributed by atoms with Crippen LogP contribution in [0.4, 0.5) is 17.1 Å². The predicted octanol–water partition coefficient (Wildman–Crippen LogP) is 12.8. The molecule has 228 valence electrons. The van der Waals surface area contributed by atoms with Crippen LogP contribution in [0.1, 0.15) is 25.8 Å². The number of fused-ring (bicyclic) bond motifs is 1. The maximum atomic E-state index is 2.34. The van der Waals surface area contributed by atoms with Gasteiger partial charge in [0, 0.05) is 40.6 Å². The average molecular weight is 607 g/mol. The van der Waals surface area contributed by atoms with E-state index in [0.29, 0.717) is 0 Å². The van der Waals surface area contributed by atoms with Crippen molar-refractivity contribution in [3.8, 4) is 33.4 Å². The quantitative estimate of drug-likeness (QED) is 0.148. The molecule has 0 N–H and O–H groups in total. The minimum atomic E-state index is 0.997. The second-order valence-corrected chi connectivity index (χ2v) is 11.7. The van der Waals surface area contributed by atoms with Gasteiger partial charge in [0.2, 0.25) is 0 Å². The van der Waals surface area contributed by atoms with E-state index in [1.807, 2.05) is 0 Å². The molecule has 2 aromatic heterocycles. The van der Waals surface area contributed by atoms with Crippen molar-refractivity contribution in [1.82, 2.24) is 4.40 Å². The van der Waals surface area contributed by atoms with Crippen LogP contribution in [0.5, 0.6) is 0 Å². The molecule has 0 bridgehead atoms. The fraction of sp³-hybridized carbons (Fsp3) is 0.0667. The summed E-state index contributed by atoms with van der Waals surface area (Å²) >= 11 is 0. The molecule has 0 amide bonds. The molecule has 2 heteroatoms. The lowest BCUT2D eigenvalue weighted by Crippen LogP contribution is -2.10. The molecule has 0 aliphatic rings.